The number of carbonyl (C=O) groups excluding carboxylic acids is 1. The minimum absolute atomic E-state index is 0.0306. The summed E-state index contributed by atoms with van der Waals surface area (Å²) in [6, 6.07) is 3.93. The first-order chi connectivity index (χ1) is 15.3. The van der Waals surface area contributed by atoms with Crippen molar-refractivity contribution in [2.24, 2.45) is 0 Å². The summed E-state index contributed by atoms with van der Waals surface area (Å²) >= 11 is 0. The number of amides is 1. The zero-order valence-corrected chi connectivity index (χ0v) is 21.0. The van der Waals surface area contributed by atoms with Gasteiger partial charge >= 0.3 is 0 Å². The van der Waals surface area contributed by atoms with E-state index in [1.807, 2.05) is 25.3 Å². The first kappa shape index (κ1) is 25.2. The maximum Gasteiger partial charge on any atom is 0.224 e. The lowest BCUT2D eigenvalue weighted by Crippen LogP contribution is -2.41. The fourth-order valence-corrected chi connectivity index (χ4v) is 4.51. The molecule has 33 heavy (non-hydrogen) atoms. The highest BCUT2D eigenvalue weighted by atomic mass is 32.2. The molecule has 1 amide bonds. The molecule has 0 aliphatic carbocycles. The highest BCUT2D eigenvalue weighted by Crippen LogP contribution is 2.43. The molecule has 0 saturated carbocycles. The van der Waals surface area contributed by atoms with Gasteiger partial charge in [-0.1, -0.05) is 0 Å². The van der Waals surface area contributed by atoms with Crippen LogP contribution in [0.15, 0.2) is 24.5 Å². The molecule has 2 heterocycles. The van der Waals surface area contributed by atoms with E-state index in [2.05, 4.69) is 5.10 Å². The average Bonchev–Trinajstić information content (AvgIpc) is 3.12. The van der Waals surface area contributed by atoms with E-state index < -0.39 is 15.6 Å². The molecule has 10 heteroatoms. The van der Waals surface area contributed by atoms with Crippen LogP contribution in [0, 0.1) is 0 Å². The van der Waals surface area contributed by atoms with Crippen LogP contribution in [-0.4, -0.2) is 71.6 Å². The topological polar surface area (TPSA) is 105 Å². The van der Waals surface area contributed by atoms with Gasteiger partial charge in [-0.3, -0.25) is 9.48 Å². The molecule has 1 aromatic heterocycles. The molecule has 1 aliphatic heterocycles. The Morgan fingerprint density at radius 3 is 2.67 bits per heavy atom. The van der Waals surface area contributed by atoms with Crippen LogP contribution in [0.4, 0.5) is 5.69 Å². The number of anilines is 1. The lowest BCUT2D eigenvalue weighted by molar-refractivity contribution is -0.117. The smallest absolute Gasteiger partial charge is 0.224 e. The molecule has 3 rings (SSSR count). The predicted molar refractivity (Wildman–Crippen MR) is 128 cm³/mol. The molecule has 0 spiro atoms. The van der Waals surface area contributed by atoms with Gasteiger partial charge in [0, 0.05) is 49.4 Å². The second-order valence-electron chi connectivity index (χ2n) is 9.39. The third kappa shape index (κ3) is 5.93. The van der Waals surface area contributed by atoms with Crippen LogP contribution in [-0.2, 0) is 27.8 Å². The summed E-state index contributed by atoms with van der Waals surface area (Å²) < 4.78 is 32.6. The molecular formula is C23H34N4O5S. The van der Waals surface area contributed by atoms with Crippen molar-refractivity contribution >= 4 is 21.6 Å². The summed E-state index contributed by atoms with van der Waals surface area (Å²) in [5, 5.41) is 14.5. The Balaban J connectivity index is 2.01. The molecule has 0 radical (unpaired) electrons. The highest BCUT2D eigenvalue weighted by molar-refractivity contribution is 7.88. The van der Waals surface area contributed by atoms with Crippen molar-refractivity contribution in [1.29, 1.82) is 0 Å². The van der Waals surface area contributed by atoms with Crippen LogP contribution in [0.2, 0.25) is 0 Å². The van der Waals surface area contributed by atoms with Gasteiger partial charge in [0.2, 0.25) is 15.9 Å². The maximum absolute atomic E-state index is 12.4. The summed E-state index contributed by atoms with van der Waals surface area (Å²) in [5.74, 6) is 0.604. The van der Waals surface area contributed by atoms with Crippen molar-refractivity contribution in [2.75, 3.05) is 31.4 Å². The van der Waals surface area contributed by atoms with Gasteiger partial charge in [-0.25, -0.2) is 12.7 Å². The Hall–Kier alpha value is -2.43. The van der Waals surface area contributed by atoms with Crippen LogP contribution < -0.4 is 9.64 Å². The van der Waals surface area contributed by atoms with Gasteiger partial charge in [-0.05, 0) is 45.7 Å². The van der Waals surface area contributed by atoms with Crippen LogP contribution in [0.3, 0.4) is 0 Å². The Kier molecular flexibility index (Phi) is 7.21. The van der Waals surface area contributed by atoms with Gasteiger partial charge < -0.3 is 14.7 Å². The van der Waals surface area contributed by atoms with Gasteiger partial charge in [-0.15, -0.1) is 0 Å². The Morgan fingerprint density at radius 1 is 1.36 bits per heavy atom. The third-order valence-electron chi connectivity index (χ3n) is 5.80. The fraction of sp³-hybridized carbons (Fsp3) is 0.565. The molecule has 1 aromatic carbocycles. The number of aromatic nitrogens is 2. The zero-order chi connectivity index (χ0) is 24.6. The number of carbonyl (C=O) groups is 1. The molecule has 0 fully saturated rings. The number of fused-ring (bicyclic) bond motifs is 1. The molecule has 9 nitrogen and oxygen atoms in total. The van der Waals surface area contributed by atoms with Gasteiger partial charge in [0.15, 0.2) is 0 Å². The second-order valence-corrected chi connectivity index (χ2v) is 11.5. The first-order valence-electron chi connectivity index (χ1n) is 11.0. The number of hydrogen-bond acceptors (Lipinski definition) is 6. The number of ether oxygens (including phenoxy) is 1. The van der Waals surface area contributed by atoms with Crippen molar-refractivity contribution in [3.05, 3.63) is 30.1 Å². The number of rotatable bonds is 8. The summed E-state index contributed by atoms with van der Waals surface area (Å²) in [7, 11) is -1.80. The number of likely N-dealkylation sites (N-methyl/N-ethyl adjacent to an activating group) is 1. The van der Waals surface area contributed by atoms with E-state index in [0.29, 0.717) is 12.3 Å². The summed E-state index contributed by atoms with van der Waals surface area (Å²) in [5.41, 5.74) is 2.48. The van der Waals surface area contributed by atoms with E-state index in [9.17, 15) is 18.3 Å². The van der Waals surface area contributed by atoms with Gasteiger partial charge in [0.1, 0.15) is 12.4 Å². The van der Waals surface area contributed by atoms with Crippen molar-refractivity contribution in [3.63, 3.8) is 0 Å². The quantitative estimate of drug-likeness (QED) is 0.624. The SMILES string of the molecule is CC(=O)N1c2ccc(-c3cnn(CC(C)(C)O)c3)c(OCCN(C)S(C)(=O)=O)c2CCC1C. The van der Waals surface area contributed by atoms with E-state index in [4.69, 9.17) is 4.74 Å². The van der Waals surface area contributed by atoms with Crippen LogP contribution in [0.5, 0.6) is 5.75 Å². The molecular weight excluding hydrogens is 444 g/mol. The maximum atomic E-state index is 12.4. The van der Waals surface area contributed by atoms with E-state index >= 15 is 0 Å². The lowest BCUT2D eigenvalue weighted by Gasteiger charge is -2.36. The van der Waals surface area contributed by atoms with Crippen molar-refractivity contribution < 1.29 is 23.1 Å². The normalized spacial score (nSPS) is 16.7. The van der Waals surface area contributed by atoms with Crippen LogP contribution in [0.1, 0.15) is 39.7 Å². The molecule has 182 valence electrons. The number of nitrogens with zero attached hydrogens (tertiary/aromatic N) is 4. The predicted octanol–water partition coefficient (Wildman–Crippen LogP) is 2.28. The van der Waals surface area contributed by atoms with E-state index in [0.717, 1.165) is 41.5 Å². The van der Waals surface area contributed by atoms with Crippen LogP contribution in [0.25, 0.3) is 11.1 Å². The monoisotopic (exact) mass is 478 g/mol. The van der Waals surface area contributed by atoms with Crippen molar-refractivity contribution in [2.45, 2.75) is 58.7 Å². The van der Waals surface area contributed by atoms with Crippen LogP contribution >= 0.6 is 0 Å². The molecule has 0 bridgehead atoms. The number of benzene rings is 1. The third-order valence-corrected chi connectivity index (χ3v) is 7.11. The Morgan fingerprint density at radius 2 is 2.06 bits per heavy atom. The summed E-state index contributed by atoms with van der Waals surface area (Å²) in [4.78, 5) is 14.2. The average molecular weight is 479 g/mol. The fourth-order valence-electron chi connectivity index (χ4n) is 4.10. The largest absolute Gasteiger partial charge is 0.491 e. The molecule has 2 aromatic rings. The van der Waals surface area contributed by atoms with Crippen molar-refractivity contribution in [1.82, 2.24) is 14.1 Å². The minimum Gasteiger partial charge on any atom is -0.491 e. The molecule has 1 unspecified atom stereocenters. The number of sulfonamides is 1. The van der Waals surface area contributed by atoms with Gasteiger partial charge in [-0.2, -0.15) is 5.10 Å². The molecule has 1 atom stereocenters. The van der Waals surface area contributed by atoms with E-state index in [1.54, 1.807) is 36.5 Å². The minimum atomic E-state index is -3.31. The van der Waals surface area contributed by atoms with Gasteiger partial charge in [0.25, 0.3) is 0 Å². The summed E-state index contributed by atoms with van der Waals surface area (Å²) in [6.07, 6.45) is 6.27. The van der Waals surface area contributed by atoms with Gasteiger partial charge in [0.05, 0.1) is 30.3 Å². The molecule has 0 saturated heterocycles. The summed E-state index contributed by atoms with van der Waals surface area (Å²) in [6.45, 7) is 7.73. The number of aliphatic hydroxyl groups is 1. The standard InChI is InChI=1S/C23H34N4O5S/c1-16-7-8-20-21(27(16)17(2)28)10-9-19(18-13-24-26(14-18)15-23(3,4)29)22(20)32-12-11-25(5)33(6,30)31/h9-10,13-14,16,29H,7-8,11-12,15H2,1-6H3. The van der Waals surface area contributed by atoms with Crippen molar-refractivity contribution in [3.8, 4) is 16.9 Å². The lowest BCUT2D eigenvalue weighted by atomic mass is 9.92. The first-order valence-corrected chi connectivity index (χ1v) is 12.9. The number of hydrogen-bond donors (Lipinski definition) is 1. The Labute approximate surface area is 196 Å². The molecule has 1 N–H and O–H groups in total. The second kappa shape index (κ2) is 9.44. The zero-order valence-electron chi connectivity index (χ0n) is 20.2. The highest BCUT2D eigenvalue weighted by Gasteiger charge is 2.30. The van der Waals surface area contributed by atoms with E-state index in [-0.39, 0.29) is 25.1 Å². The van der Waals surface area contributed by atoms with E-state index in [1.165, 1.54) is 11.4 Å². The molecule has 1 aliphatic rings. The Bertz CT molecular complexity index is 1120.